The predicted molar refractivity (Wildman–Crippen MR) is 134 cm³/mol. The maximum Gasteiger partial charge on any atom is 0.344 e. The Morgan fingerprint density at radius 1 is 1.12 bits per heavy atom. The number of piperazine rings is 1. The third-order valence-corrected chi connectivity index (χ3v) is 6.64. The van der Waals surface area contributed by atoms with E-state index in [0.717, 1.165) is 51.3 Å². The highest BCUT2D eigenvalue weighted by Crippen LogP contribution is 2.29. The van der Waals surface area contributed by atoms with Gasteiger partial charge in [0, 0.05) is 75.4 Å². The van der Waals surface area contributed by atoms with Crippen LogP contribution in [0.3, 0.4) is 0 Å². The molecule has 182 valence electrons. The second-order valence-electron chi connectivity index (χ2n) is 9.39. The number of nitrogens with one attached hydrogen (secondary N) is 1. The lowest BCUT2D eigenvalue weighted by molar-refractivity contribution is -0.122. The molecule has 0 unspecified atom stereocenters. The van der Waals surface area contributed by atoms with Gasteiger partial charge < -0.3 is 20.9 Å². The number of carbonyl (C=O) groups is 2. The lowest BCUT2D eigenvalue weighted by Gasteiger charge is -2.37. The number of rotatable bonds is 6. The molecule has 1 aromatic carbocycles. The molecule has 2 aliphatic rings. The van der Waals surface area contributed by atoms with E-state index in [9.17, 15) is 9.59 Å². The van der Waals surface area contributed by atoms with Gasteiger partial charge in [-0.1, -0.05) is 18.7 Å². The van der Waals surface area contributed by atoms with Crippen LogP contribution >= 0.6 is 0 Å². The van der Waals surface area contributed by atoms with Crippen molar-refractivity contribution in [2.24, 2.45) is 11.7 Å². The molecule has 0 atom stereocenters. The first-order valence-corrected chi connectivity index (χ1v) is 11.9. The van der Waals surface area contributed by atoms with Gasteiger partial charge in [0.2, 0.25) is 5.91 Å². The molecule has 0 bridgehead atoms. The summed E-state index contributed by atoms with van der Waals surface area (Å²) in [5.74, 6) is 0.416. The number of allylic oxidation sites excluding steroid dienone is 1. The van der Waals surface area contributed by atoms with E-state index in [-0.39, 0.29) is 17.9 Å². The van der Waals surface area contributed by atoms with Crippen LogP contribution in [0, 0.1) is 12.8 Å². The number of nitrogens with two attached hydrogens (primary N) is 1. The summed E-state index contributed by atoms with van der Waals surface area (Å²) in [6.07, 6.45) is 3.29. The third-order valence-electron chi connectivity index (χ3n) is 6.64. The number of carbonyl (C=O) groups excluding carboxylic acids is 2. The maximum atomic E-state index is 12.9. The van der Waals surface area contributed by atoms with Crippen LogP contribution in [0.2, 0.25) is 0 Å². The quantitative estimate of drug-likeness (QED) is 0.680. The van der Waals surface area contributed by atoms with Crippen LogP contribution in [0.4, 0.5) is 16.3 Å². The van der Waals surface area contributed by atoms with E-state index in [1.807, 2.05) is 11.8 Å². The number of piperidine rings is 1. The standard InChI is InChI=1S/C25H35N7O2/c1-18(2)27-23-8-11-32(28-23)25(34)31-14-12-29(13-15-31)17-21-5-4-19(3)16-22(21)30-9-6-20(7-10-30)24(26)33/h4-5,8,11,16,20H,1,6-7,9-10,12-15,17H2,2-3H3,(H2,26,33)(H,27,28). The molecule has 3 N–H and O–H groups in total. The molecule has 2 aromatic rings. The molecule has 9 nitrogen and oxygen atoms in total. The monoisotopic (exact) mass is 465 g/mol. The van der Waals surface area contributed by atoms with Crippen LogP contribution in [0.1, 0.15) is 30.9 Å². The molecule has 0 radical (unpaired) electrons. The minimum Gasteiger partial charge on any atom is -0.371 e. The summed E-state index contributed by atoms with van der Waals surface area (Å²) in [5.41, 5.74) is 10.0. The number of benzene rings is 1. The average Bonchev–Trinajstić information content (AvgIpc) is 3.28. The van der Waals surface area contributed by atoms with Crippen LogP contribution in [0.15, 0.2) is 42.7 Å². The number of hydrogen-bond donors (Lipinski definition) is 2. The Labute approximate surface area is 201 Å². The molecule has 3 heterocycles. The summed E-state index contributed by atoms with van der Waals surface area (Å²) in [4.78, 5) is 31.0. The van der Waals surface area contributed by atoms with E-state index in [2.05, 4.69) is 51.9 Å². The lowest BCUT2D eigenvalue weighted by Crippen LogP contribution is -2.49. The summed E-state index contributed by atoms with van der Waals surface area (Å²) in [7, 11) is 0. The largest absolute Gasteiger partial charge is 0.371 e. The first-order chi connectivity index (χ1) is 16.3. The fourth-order valence-corrected chi connectivity index (χ4v) is 4.71. The normalized spacial score (nSPS) is 17.6. The summed E-state index contributed by atoms with van der Waals surface area (Å²) < 4.78 is 1.38. The number of nitrogens with zero attached hydrogens (tertiary/aromatic N) is 5. The molecule has 2 aliphatic heterocycles. The van der Waals surface area contributed by atoms with E-state index in [4.69, 9.17) is 5.73 Å². The van der Waals surface area contributed by atoms with Crippen LogP contribution < -0.4 is 16.0 Å². The van der Waals surface area contributed by atoms with E-state index in [0.29, 0.717) is 18.9 Å². The van der Waals surface area contributed by atoms with Gasteiger partial charge in [0.25, 0.3) is 0 Å². The minimum atomic E-state index is -0.185. The Balaban J connectivity index is 1.35. The SMILES string of the molecule is C=C(C)Nc1ccn(C(=O)N2CCN(Cc3ccc(C)cc3N3CCC(C(N)=O)CC3)CC2)n1. The third kappa shape index (κ3) is 5.59. The van der Waals surface area contributed by atoms with Crippen LogP contribution in [-0.2, 0) is 11.3 Å². The van der Waals surface area contributed by atoms with Gasteiger partial charge in [-0.15, -0.1) is 5.10 Å². The van der Waals surface area contributed by atoms with Gasteiger partial charge in [-0.3, -0.25) is 9.69 Å². The lowest BCUT2D eigenvalue weighted by atomic mass is 9.95. The zero-order valence-electron chi connectivity index (χ0n) is 20.2. The molecule has 2 saturated heterocycles. The van der Waals surface area contributed by atoms with Crippen molar-refractivity contribution in [3.63, 3.8) is 0 Å². The highest BCUT2D eigenvalue weighted by molar-refractivity contribution is 5.77. The smallest absolute Gasteiger partial charge is 0.344 e. The highest BCUT2D eigenvalue weighted by Gasteiger charge is 2.26. The topological polar surface area (TPSA) is 99.7 Å². The van der Waals surface area contributed by atoms with Crippen LogP contribution in [0.5, 0.6) is 0 Å². The molecular formula is C25H35N7O2. The molecule has 34 heavy (non-hydrogen) atoms. The first kappa shape index (κ1) is 23.8. The number of amides is 2. The van der Waals surface area contributed by atoms with Crippen molar-refractivity contribution in [2.75, 3.05) is 49.5 Å². The first-order valence-electron chi connectivity index (χ1n) is 11.9. The van der Waals surface area contributed by atoms with Crippen molar-refractivity contribution in [3.05, 3.63) is 53.9 Å². The number of hydrogen-bond acceptors (Lipinski definition) is 6. The van der Waals surface area contributed by atoms with Crippen molar-refractivity contribution in [1.82, 2.24) is 19.6 Å². The van der Waals surface area contributed by atoms with Gasteiger partial charge in [0.1, 0.15) is 0 Å². The number of anilines is 2. The van der Waals surface area contributed by atoms with E-state index in [1.165, 1.54) is 21.5 Å². The summed E-state index contributed by atoms with van der Waals surface area (Å²) in [5, 5.41) is 7.33. The zero-order chi connectivity index (χ0) is 24.2. The van der Waals surface area contributed by atoms with Crippen molar-refractivity contribution < 1.29 is 9.59 Å². The number of aryl methyl sites for hydroxylation is 1. The molecule has 2 fully saturated rings. The van der Waals surface area contributed by atoms with E-state index >= 15 is 0 Å². The number of primary amides is 1. The Bertz CT molecular complexity index is 1050. The Morgan fingerprint density at radius 3 is 2.47 bits per heavy atom. The van der Waals surface area contributed by atoms with Crippen LogP contribution in [0.25, 0.3) is 0 Å². The summed E-state index contributed by atoms with van der Waals surface area (Å²) in [6, 6.07) is 8.27. The minimum absolute atomic E-state index is 0.0161. The molecule has 0 saturated carbocycles. The predicted octanol–water partition coefficient (Wildman–Crippen LogP) is 2.62. The summed E-state index contributed by atoms with van der Waals surface area (Å²) in [6.45, 7) is 13.2. The number of aromatic nitrogens is 2. The fourth-order valence-electron chi connectivity index (χ4n) is 4.71. The molecule has 2 amide bonds. The molecule has 9 heteroatoms. The molecule has 0 spiro atoms. The van der Waals surface area contributed by atoms with E-state index < -0.39 is 0 Å². The van der Waals surface area contributed by atoms with Gasteiger partial charge in [-0.25, -0.2) is 4.79 Å². The van der Waals surface area contributed by atoms with Crippen molar-refractivity contribution >= 4 is 23.4 Å². The fraction of sp³-hybridized carbons (Fsp3) is 0.480. The molecule has 0 aliphatic carbocycles. The molecule has 4 rings (SSSR count). The Hall–Kier alpha value is -3.33. The van der Waals surface area contributed by atoms with Crippen molar-refractivity contribution in [2.45, 2.75) is 33.2 Å². The zero-order valence-corrected chi connectivity index (χ0v) is 20.2. The Kier molecular flexibility index (Phi) is 7.21. The van der Waals surface area contributed by atoms with Crippen molar-refractivity contribution in [1.29, 1.82) is 0 Å². The van der Waals surface area contributed by atoms with Gasteiger partial charge >= 0.3 is 6.03 Å². The van der Waals surface area contributed by atoms with Crippen molar-refractivity contribution in [3.8, 4) is 0 Å². The van der Waals surface area contributed by atoms with Gasteiger partial charge in [-0.2, -0.15) is 4.68 Å². The average molecular weight is 466 g/mol. The maximum absolute atomic E-state index is 12.9. The Morgan fingerprint density at radius 2 is 1.82 bits per heavy atom. The summed E-state index contributed by atoms with van der Waals surface area (Å²) >= 11 is 0. The highest BCUT2D eigenvalue weighted by atomic mass is 16.2. The van der Waals surface area contributed by atoms with E-state index in [1.54, 1.807) is 12.3 Å². The second kappa shape index (κ2) is 10.3. The molecule has 1 aromatic heterocycles. The van der Waals surface area contributed by atoms with Gasteiger partial charge in [0.05, 0.1) is 0 Å². The van der Waals surface area contributed by atoms with Crippen LogP contribution in [-0.4, -0.2) is 70.8 Å². The second-order valence-corrected chi connectivity index (χ2v) is 9.39. The van der Waals surface area contributed by atoms with Gasteiger partial charge in [0.15, 0.2) is 5.82 Å². The van der Waals surface area contributed by atoms with Gasteiger partial charge in [-0.05, 0) is 43.9 Å². The molecular weight excluding hydrogens is 430 g/mol.